The number of amides is 2. The second-order valence-corrected chi connectivity index (χ2v) is 9.40. The number of methoxy groups -OCH3 is 1. The van der Waals surface area contributed by atoms with Crippen LogP contribution in [0.3, 0.4) is 0 Å². The van der Waals surface area contributed by atoms with Gasteiger partial charge in [-0.1, -0.05) is 32.0 Å². The highest BCUT2D eigenvalue weighted by Gasteiger charge is 2.28. The molecule has 2 aromatic heterocycles. The number of ether oxygens (including phenoxy) is 2. The molecule has 1 N–H and O–H groups in total. The van der Waals surface area contributed by atoms with Gasteiger partial charge < -0.3 is 23.4 Å². The Labute approximate surface area is 188 Å². The molecule has 0 spiro atoms. The molecule has 3 aromatic rings. The van der Waals surface area contributed by atoms with Crippen molar-refractivity contribution >= 4 is 22.3 Å². The number of nitrogens with zero attached hydrogens (tertiary/aromatic N) is 4. The molecule has 4 rings (SSSR count). The first-order valence-electron chi connectivity index (χ1n) is 10.0. The van der Waals surface area contributed by atoms with Crippen molar-refractivity contribution in [3.05, 3.63) is 48.3 Å². The van der Waals surface area contributed by atoms with Gasteiger partial charge in [0.05, 0.1) is 25.9 Å². The lowest BCUT2D eigenvalue weighted by molar-refractivity contribution is 0.0972. The van der Waals surface area contributed by atoms with Crippen LogP contribution in [-0.4, -0.2) is 34.5 Å². The molecule has 1 aromatic carbocycles. The number of aromatic nitrogens is 3. The third-order valence-electron chi connectivity index (χ3n) is 5.05. The highest BCUT2D eigenvalue weighted by molar-refractivity contribution is 7.75. The molecule has 0 bridgehead atoms. The molecule has 168 valence electrons. The quantitative estimate of drug-likeness (QED) is 0.585. The third-order valence-corrected chi connectivity index (χ3v) is 6.04. The first-order chi connectivity index (χ1) is 15.3. The number of rotatable bonds is 4. The molecule has 2 amide bonds. The van der Waals surface area contributed by atoms with Crippen LogP contribution in [0.5, 0.6) is 11.8 Å². The van der Waals surface area contributed by atoms with E-state index >= 15 is 0 Å². The van der Waals surface area contributed by atoms with Gasteiger partial charge in [0.1, 0.15) is 0 Å². The number of carbonyl (C=O) groups excluding carboxylic acids is 1. The summed E-state index contributed by atoms with van der Waals surface area (Å²) in [4.78, 5) is 17.1. The number of hydrogen-bond acceptors (Lipinski definition) is 7. The van der Waals surface area contributed by atoms with Crippen LogP contribution >= 0.6 is 0 Å². The minimum Gasteiger partial charge on any atom is -0.481 e. The summed E-state index contributed by atoms with van der Waals surface area (Å²) in [6.07, 6.45) is 3.07. The van der Waals surface area contributed by atoms with E-state index in [0.29, 0.717) is 30.6 Å². The van der Waals surface area contributed by atoms with E-state index in [4.69, 9.17) is 9.47 Å². The molecule has 10 heteroatoms. The van der Waals surface area contributed by atoms with Crippen LogP contribution in [0, 0.1) is 12.3 Å². The molecular weight excluding hydrogens is 430 g/mol. The molecule has 0 saturated carbocycles. The number of nitrogens with one attached hydrogen (secondary N) is 1. The SMILES string of the molecule is COc1cc(-c2cccc(C)c2NC(=O)N=[S-](=O)c2cnn3c2OCC(C)(C)C3)ccn1. The molecule has 1 aliphatic rings. The number of carbonyl (C=O) groups is 1. The van der Waals surface area contributed by atoms with Gasteiger partial charge in [-0.25, -0.2) is 14.5 Å². The van der Waals surface area contributed by atoms with Gasteiger partial charge in [0.2, 0.25) is 5.88 Å². The Hall–Kier alpha value is -3.40. The predicted octanol–water partition coefficient (Wildman–Crippen LogP) is 4.42. The number of urea groups is 1. The van der Waals surface area contributed by atoms with Crippen molar-refractivity contribution in [2.75, 3.05) is 19.0 Å². The van der Waals surface area contributed by atoms with E-state index in [1.807, 2.05) is 31.2 Å². The van der Waals surface area contributed by atoms with Crippen molar-refractivity contribution in [3.8, 4) is 22.9 Å². The monoisotopic (exact) mass is 454 g/mol. The first kappa shape index (κ1) is 21.8. The minimum atomic E-state index is -1.96. The fraction of sp³-hybridized carbons (Fsp3) is 0.318. The van der Waals surface area contributed by atoms with Crippen molar-refractivity contribution < 1.29 is 18.5 Å². The van der Waals surface area contributed by atoms with Gasteiger partial charge >= 0.3 is 6.03 Å². The summed E-state index contributed by atoms with van der Waals surface area (Å²) in [5.74, 6) is 0.848. The normalized spacial score (nSPS) is 15.5. The highest BCUT2D eigenvalue weighted by Crippen LogP contribution is 2.33. The van der Waals surface area contributed by atoms with Crippen molar-refractivity contribution in [1.82, 2.24) is 14.8 Å². The summed E-state index contributed by atoms with van der Waals surface area (Å²) in [5, 5.41) is 7.01. The van der Waals surface area contributed by atoms with Crippen molar-refractivity contribution in [1.29, 1.82) is 0 Å². The average Bonchev–Trinajstić information content (AvgIpc) is 3.17. The van der Waals surface area contributed by atoms with Gasteiger partial charge in [-0.2, -0.15) is 5.10 Å². The Kier molecular flexibility index (Phi) is 5.88. The average molecular weight is 455 g/mol. The predicted molar refractivity (Wildman–Crippen MR) is 120 cm³/mol. The van der Waals surface area contributed by atoms with Crippen LogP contribution in [-0.2, 0) is 21.3 Å². The summed E-state index contributed by atoms with van der Waals surface area (Å²) in [5.41, 5.74) is 2.92. The maximum Gasteiger partial charge on any atom is 0.322 e. The number of hydrogen-bond donors (Lipinski definition) is 1. The van der Waals surface area contributed by atoms with E-state index in [9.17, 15) is 9.00 Å². The van der Waals surface area contributed by atoms with E-state index in [2.05, 4.69) is 33.6 Å². The summed E-state index contributed by atoms with van der Waals surface area (Å²) in [6.45, 7) is 7.09. The standard InChI is InChI=1S/C22H24N5O4S/c1-14-6-5-7-16(15-8-9-23-18(10-15)30-4)19(14)25-21(28)26-32(29)17-11-24-27-12-22(2,3)13-31-20(17)27/h5-11H,12-13H2,1-4H3,(H,25,28)/q-1. The second kappa shape index (κ2) is 8.62. The number of anilines is 1. The Balaban J connectivity index is 1.61. The molecule has 0 radical (unpaired) electrons. The van der Waals surface area contributed by atoms with Crippen LogP contribution in [0.2, 0.25) is 0 Å². The van der Waals surface area contributed by atoms with E-state index in [1.54, 1.807) is 24.1 Å². The van der Waals surface area contributed by atoms with Crippen LogP contribution < -0.4 is 14.8 Å². The molecule has 0 unspecified atom stereocenters. The molecular formula is C22H24N5O4S-. The first-order valence-corrected chi connectivity index (χ1v) is 11.1. The molecule has 0 fully saturated rings. The number of benzene rings is 1. The fourth-order valence-electron chi connectivity index (χ4n) is 3.47. The lowest BCUT2D eigenvalue weighted by atomic mass is 9.94. The van der Waals surface area contributed by atoms with Gasteiger partial charge in [0, 0.05) is 29.4 Å². The largest absolute Gasteiger partial charge is 0.481 e. The van der Waals surface area contributed by atoms with Gasteiger partial charge in [-0.05, 0) is 29.0 Å². The van der Waals surface area contributed by atoms with E-state index in [-0.39, 0.29) is 10.3 Å². The Bertz CT molecular complexity index is 1260. The van der Waals surface area contributed by atoms with Gasteiger partial charge in [-0.3, -0.25) is 0 Å². The van der Waals surface area contributed by atoms with Crippen molar-refractivity contribution in [2.45, 2.75) is 32.2 Å². The van der Waals surface area contributed by atoms with E-state index in [0.717, 1.165) is 16.7 Å². The molecule has 1 aliphatic heterocycles. The van der Waals surface area contributed by atoms with E-state index < -0.39 is 16.6 Å². The van der Waals surface area contributed by atoms with Crippen LogP contribution in [0.1, 0.15) is 19.4 Å². The van der Waals surface area contributed by atoms with Gasteiger partial charge in [0.25, 0.3) is 0 Å². The number of fused-ring (bicyclic) bond motifs is 1. The molecule has 32 heavy (non-hydrogen) atoms. The zero-order valence-corrected chi connectivity index (χ0v) is 19.1. The number of aryl methyl sites for hydroxylation is 1. The Morgan fingerprint density at radius 2 is 2.16 bits per heavy atom. The van der Waals surface area contributed by atoms with Crippen molar-refractivity contribution in [3.63, 3.8) is 0 Å². The smallest absolute Gasteiger partial charge is 0.322 e. The summed E-state index contributed by atoms with van der Waals surface area (Å²) in [7, 11) is -0.417. The number of para-hydroxylation sites is 1. The van der Waals surface area contributed by atoms with Gasteiger partial charge in [-0.15, -0.1) is 10.6 Å². The van der Waals surface area contributed by atoms with Crippen LogP contribution in [0.15, 0.2) is 52.0 Å². The summed E-state index contributed by atoms with van der Waals surface area (Å²) in [6, 6.07) is 8.50. The third kappa shape index (κ3) is 4.45. The van der Waals surface area contributed by atoms with Gasteiger partial charge in [0.15, 0.2) is 5.88 Å². The second-order valence-electron chi connectivity index (χ2n) is 8.28. The fourth-order valence-corrected chi connectivity index (χ4v) is 4.21. The zero-order chi connectivity index (χ0) is 22.9. The number of pyridine rings is 1. The lowest BCUT2D eigenvalue weighted by Gasteiger charge is -2.31. The van der Waals surface area contributed by atoms with Crippen molar-refractivity contribution in [2.24, 2.45) is 9.78 Å². The Morgan fingerprint density at radius 1 is 1.34 bits per heavy atom. The highest BCUT2D eigenvalue weighted by atomic mass is 32.2. The van der Waals surface area contributed by atoms with E-state index in [1.165, 1.54) is 6.20 Å². The molecule has 0 saturated heterocycles. The maximum absolute atomic E-state index is 12.8. The summed E-state index contributed by atoms with van der Waals surface area (Å²) >= 11 is 0. The Morgan fingerprint density at radius 3 is 2.94 bits per heavy atom. The molecule has 3 heterocycles. The lowest BCUT2D eigenvalue weighted by Crippen LogP contribution is -2.33. The molecule has 0 aliphatic carbocycles. The zero-order valence-electron chi connectivity index (χ0n) is 18.3. The van der Waals surface area contributed by atoms with Crippen LogP contribution in [0.4, 0.5) is 10.5 Å². The topological polar surface area (TPSA) is 108 Å². The minimum absolute atomic E-state index is 0.0802. The maximum atomic E-state index is 12.8. The molecule has 0 atom stereocenters. The summed E-state index contributed by atoms with van der Waals surface area (Å²) < 4.78 is 29.2. The molecule has 9 nitrogen and oxygen atoms in total. The van der Waals surface area contributed by atoms with Crippen LogP contribution in [0.25, 0.3) is 11.1 Å².